The number of fused-ring (bicyclic) bond motifs is 1. The molecular formula is C9H8F2O2. The molecule has 0 saturated carbocycles. The third-order valence-electron chi connectivity index (χ3n) is 1.82. The Labute approximate surface area is 74.1 Å². The van der Waals surface area contributed by atoms with Crippen LogP contribution in [0.25, 0.3) is 0 Å². The van der Waals surface area contributed by atoms with Gasteiger partial charge in [-0.3, -0.25) is 4.74 Å². The summed E-state index contributed by atoms with van der Waals surface area (Å²) in [7, 11) is 0. The fourth-order valence-corrected chi connectivity index (χ4v) is 1.26. The average Bonchev–Trinajstić information content (AvgIpc) is 2.15. The zero-order valence-corrected chi connectivity index (χ0v) is 6.96. The maximum absolute atomic E-state index is 12.6. The highest BCUT2D eigenvalue weighted by Gasteiger charge is 2.46. The van der Waals surface area contributed by atoms with Crippen LogP contribution in [0.2, 0.25) is 0 Å². The van der Waals surface area contributed by atoms with E-state index in [0.29, 0.717) is 0 Å². The van der Waals surface area contributed by atoms with Crippen LogP contribution in [-0.4, -0.2) is 12.4 Å². The van der Waals surface area contributed by atoms with Gasteiger partial charge in [-0.25, -0.2) is 0 Å². The van der Waals surface area contributed by atoms with Crippen molar-refractivity contribution >= 4 is 0 Å². The Kier molecular flexibility index (Phi) is 1.73. The second kappa shape index (κ2) is 2.67. The number of hydrogen-bond acceptors (Lipinski definition) is 2. The standard InChI is InChI=1S/C9H8F2O2/c1-6-3-2-4-7-8(5-6)13-9(10,11)12-7/h2-5,8H,1H3/t8-/m0/s1. The van der Waals surface area contributed by atoms with Crippen LogP contribution in [0.5, 0.6) is 0 Å². The van der Waals surface area contributed by atoms with Gasteiger partial charge in [-0.2, -0.15) is 0 Å². The van der Waals surface area contributed by atoms with Gasteiger partial charge >= 0.3 is 6.29 Å². The molecule has 2 rings (SSSR count). The Balaban J connectivity index is 2.31. The van der Waals surface area contributed by atoms with Gasteiger partial charge in [0, 0.05) is 0 Å². The number of halogens is 2. The molecule has 1 aliphatic heterocycles. The summed E-state index contributed by atoms with van der Waals surface area (Å²) in [5.74, 6) is 0.151. The van der Waals surface area contributed by atoms with Gasteiger partial charge in [-0.15, -0.1) is 8.78 Å². The minimum Gasteiger partial charge on any atom is -0.411 e. The molecule has 70 valence electrons. The number of ether oxygens (including phenoxy) is 2. The second-order valence-electron chi connectivity index (χ2n) is 2.94. The first-order chi connectivity index (χ1) is 6.07. The van der Waals surface area contributed by atoms with Crippen molar-refractivity contribution in [2.75, 3.05) is 0 Å². The van der Waals surface area contributed by atoms with Gasteiger partial charge in [0.05, 0.1) is 0 Å². The Morgan fingerprint density at radius 2 is 2.23 bits per heavy atom. The Bertz CT molecular complexity index is 316. The molecule has 1 aliphatic carbocycles. The molecule has 1 heterocycles. The largest absolute Gasteiger partial charge is 0.536 e. The molecule has 0 aromatic heterocycles. The predicted molar refractivity (Wildman–Crippen MR) is 41.9 cm³/mol. The summed E-state index contributed by atoms with van der Waals surface area (Å²) in [6, 6.07) is 0. The van der Waals surface area contributed by atoms with Crippen LogP contribution >= 0.6 is 0 Å². The van der Waals surface area contributed by atoms with E-state index in [1.54, 1.807) is 18.2 Å². The van der Waals surface area contributed by atoms with Gasteiger partial charge in [0.1, 0.15) is 11.9 Å². The van der Waals surface area contributed by atoms with Crippen molar-refractivity contribution in [1.82, 2.24) is 0 Å². The SMILES string of the molecule is CC1=C[C@@H]2OC(F)(F)OC2=CC=C1. The summed E-state index contributed by atoms with van der Waals surface area (Å²) in [6.07, 6.45) is 2.29. The van der Waals surface area contributed by atoms with Crippen molar-refractivity contribution in [1.29, 1.82) is 0 Å². The summed E-state index contributed by atoms with van der Waals surface area (Å²) in [6.45, 7) is 1.81. The Hall–Kier alpha value is -1.16. The summed E-state index contributed by atoms with van der Waals surface area (Å²) in [5, 5.41) is 0. The van der Waals surface area contributed by atoms with Gasteiger partial charge in [0.25, 0.3) is 0 Å². The van der Waals surface area contributed by atoms with Crippen molar-refractivity contribution < 1.29 is 18.3 Å². The smallest absolute Gasteiger partial charge is 0.411 e. The van der Waals surface area contributed by atoms with E-state index in [0.717, 1.165) is 5.57 Å². The molecule has 2 aliphatic rings. The van der Waals surface area contributed by atoms with Crippen molar-refractivity contribution in [2.24, 2.45) is 0 Å². The fourth-order valence-electron chi connectivity index (χ4n) is 1.26. The molecule has 1 atom stereocenters. The topological polar surface area (TPSA) is 18.5 Å². The highest BCUT2D eigenvalue weighted by Crippen LogP contribution is 2.35. The van der Waals surface area contributed by atoms with Gasteiger partial charge < -0.3 is 4.74 Å². The third kappa shape index (κ3) is 1.62. The minimum absolute atomic E-state index is 0.151. The molecule has 1 fully saturated rings. The van der Waals surface area contributed by atoms with Crippen molar-refractivity contribution in [2.45, 2.75) is 19.3 Å². The quantitative estimate of drug-likeness (QED) is 0.578. The molecule has 13 heavy (non-hydrogen) atoms. The molecule has 2 nitrogen and oxygen atoms in total. The van der Waals surface area contributed by atoms with E-state index in [1.165, 1.54) is 6.08 Å². The monoisotopic (exact) mass is 186 g/mol. The first-order valence-corrected chi connectivity index (χ1v) is 3.88. The van der Waals surface area contributed by atoms with Crippen LogP contribution in [0.3, 0.4) is 0 Å². The molecule has 4 heteroatoms. The zero-order valence-electron chi connectivity index (χ0n) is 6.96. The second-order valence-corrected chi connectivity index (χ2v) is 2.94. The minimum atomic E-state index is -3.49. The lowest BCUT2D eigenvalue weighted by atomic mass is 10.2. The van der Waals surface area contributed by atoms with Crippen LogP contribution < -0.4 is 0 Å². The van der Waals surface area contributed by atoms with Crippen LogP contribution in [0.15, 0.2) is 35.6 Å². The summed E-state index contributed by atoms with van der Waals surface area (Å²) < 4.78 is 33.8. The van der Waals surface area contributed by atoms with Crippen molar-refractivity contribution in [3.05, 3.63) is 35.6 Å². The van der Waals surface area contributed by atoms with E-state index < -0.39 is 12.4 Å². The molecule has 0 radical (unpaired) electrons. The fraction of sp³-hybridized carbons (Fsp3) is 0.333. The number of alkyl halides is 2. The van der Waals surface area contributed by atoms with Crippen LogP contribution in [0, 0.1) is 0 Å². The van der Waals surface area contributed by atoms with Crippen LogP contribution in [0.1, 0.15) is 6.92 Å². The number of allylic oxidation sites excluding steroid dienone is 4. The molecule has 0 bridgehead atoms. The summed E-state index contributed by atoms with van der Waals surface area (Å²) >= 11 is 0. The molecule has 0 aromatic carbocycles. The highest BCUT2D eigenvalue weighted by atomic mass is 19.3. The molecule has 0 N–H and O–H groups in total. The average molecular weight is 186 g/mol. The Morgan fingerprint density at radius 3 is 3.00 bits per heavy atom. The first kappa shape index (κ1) is 8.44. The summed E-state index contributed by atoms with van der Waals surface area (Å²) in [4.78, 5) is 0. The van der Waals surface area contributed by atoms with Gasteiger partial charge in [0.2, 0.25) is 0 Å². The van der Waals surface area contributed by atoms with Crippen LogP contribution in [-0.2, 0) is 9.47 Å². The summed E-state index contributed by atoms with van der Waals surface area (Å²) in [5.41, 5.74) is 0.873. The predicted octanol–water partition coefficient (Wildman–Crippen LogP) is 2.35. The third-order valence-corrected chi connectivity index (χ3v) is 1.82. The normalized spacial score (nSPS) is 29.9. The van der Waals surface area contributed by atoms with E-state index >= 15 is 0 Å². The molecule has 0 unspecified atom stereocenters. The maximum Gasteiger partial charge on any atom is 0.536 e. The molecule has 0 spiro atoms. The van der Waals surface area contributed by atoms with E-state index in [2.05, 4.69) is 9.47 Å². The molecular weight excluding hydrogens is 178 g/mol. The highest BCUT2D eigenvalue weighted by molar-refractivity contribution is 5.31. The van der Waals surface area contributed by atoms with Gasteiger partial charge in [0.15, 0.2) is 0 Å². The van der Waals surface area contributed by atoms with E-state index in [4.69, 9.17) is 0 Å². The first-order valence-electron chi connectivity index (χ1n) is 3.88. The van der Waals surface area contributed by atoms with E-state index in [1.807, 2.05) is 6.92 Å². The Morgan fingerprint density at radius 1 is 1.46 bits per heavy atom. The molecule has 0 aromatic rings. The van der Waals surface area contributed by atoms with Crippen molar-refractivity contribution in [3.8, 4) is 0 Å². The number of rotatable bonds is 0. The lowest BCUT2D eigenvalue weighted by Gasteiger charge is -2.04. The maximum atomic E-state index is 12.6. The van der Waals surface area contributed by atoms with Crippen molar-refractivity contribution in [3.63, 3.8) is 0 Å². The van der Waals surface area contributed by atoms with E-state index in [9.17, 15) is 8.78 Å². The molecule has 1 saturated heterocycles. The van der Waals surface area contributed by atoms with E-state index in [-0.39, 0.29) is 5.76 Å². The van der Waals surface area contributed by atoms with Gasteiger partial charge in [-0.05, 0) is 19.1 Å². The zero-order chi connectivity index (χ0) is 9.47. The molecule has 0 amide bonds. The van der Waals surface area contributed by atoms with Gasteiger partial charge in [-0.1, -0.05) is 17.7 Å². The van der Waals surface area contributed by atoms with Crippen LogP contribution in [0.4, 0.5) is 8.78 Å². The lowest BCUT2D eigenvalue weighted by molar-refractivity contribution is -0.339. The lowest BCUT2D eigenvalue weighted by Crippen LogP contribution is -2.16. The number of hydrogen-bond donors (Lipinski definition) is 0.